The van der Waals surface area contributed by atoms with E-state index >= 15 is 0 Å². The number of aliphatic imine (C=N–C) groups is 1. The van der Waals surface area contributed by atoms with E-state index < -0.39 is 0 Å². The van der Waals surface area contributed by atoms with Crippen LogP contribution in [0.15, 0.2) is 29.3 Å². The van der Waals surface area contributed by atoms with Gasteiger partial charge in [-0.2, -0.15) is 0 Å². The molecule has 2 unspecified atom stereocenters. The van der Waals surface area contributed by atoms with E-state index in [4.69, 9.17) is 17.3 Å². The number of likely N-dealkylation sites (tertiary alicyclic amines) is 1. The van der Waals surface area contributed by atoms with Crippen molar-refractivity contribution in [3.63, 3.8) is 0 Å². The number of benzene rings is 1. The molecule has 1 aliphatic carbocycles. The highest BCUT2D eigenvalue weighted by Gasteiger charge is 2.53. The Balaban J connectivity index is 1.69. The minimum atomic E-state index is 0.0107. The molecular weight excluding hydrogens is 284 g/mol. The van der Waals surface area contributed by atoms with E-state index in [1.54, 1.807) is 0 Å². The number of anilines is 1. The lowest BCUT2D eigenvalue weighted by atomic mass is 9.94. The number of rotatable bonds is 2. The molecule has 2 aliphatic heterocycles. The molecule has 2 heterocycles. The van der Waals surface area contributed by atoms with E-state index in [-0.39, 0.29) is 5.54 Å². The number of guanidine groups is 1. The van der Waals surface area contributed by atoms with Gasteiger partial charge in [0, 0.05) is 29.3 Å². The second-order valence-electron chi connectivity index (χ2n) is 6.67. The molecule has 2 fully saturated rings. The van der Waals surface area contributed by atoms with Gasteiger partial charge in [-0.25, -0.2) is 0 Å². The highest BCUT2D eigenvalue weighted by Crippen LogP contribution is 2.43. The summed E-state index contributed by atoms with van der Waals surface area (Å²) in [6.45, 7) is 4.17. The van der Waals surface area contributed by atoms with E-state index in [0.29, 0.717) is 12.0 Å². The molecule has 0 radical (unpaired) electrons. The number of halogens is 1. The summed E-state index contributed by atoms with van der Waals surface area (Å²) in [4.78, 5) is 9.42. The van der Waals surface area contributed by atoms with Crippen LogP contribution in [0.25, 0.3) is 0 Å². The fourth-order valence-corrected chi connectivity index (χ4v) is 4.22. The third-order valence-electron chi connectivity index (χ3n) is 5.04. The zero-order valence-electron chi connectivity index (χ0n) is 12.3. The van der Waals surface area contributed by atoms with E-state index in [2.05, 4.69) is 27.8 Å². The van der Waals surface area contributed by atoms with Crippen LogP contribution >= 0.6 is 11.6 Å². The lowest BCUT2D eigenvalue weighted by Gasteiger charge is -2.36. The normalized spacial score (nSPS) is 33.0. The van der Waals surface area contributed by atoms with Gasteiger partial charge in [0.05, 0.1) is 12.1 Å². The molecule has 1 aromatic carbocycles. The predicted molar refractivity (Wildman–Crippen MR) is 87.0 cm³/mol. The summed E-state index contributed by atoms with van der Waals surface area (Å²) < 4.78 is 0. The molecule has 0 aromatic heterocycles. The summed E-state index contributed by atoms with van der Waals surface area (Å²) in [7, 11) is 0. The second kappa shape index (κ2) is 4.62. The maximum Gasteiger partial charge on any atom is 0.196 e. The van der Waals surface area contributed by atoms with Crippen LogP contribution in [0.4, 0.5) is 5.69 Å². The van der Waals surface area contributed by atoms with Gasteiger partial charge >= 0.3 is 0 Å². The number of nitrogens with two attached hydrogens (primary N) is 1. The highest BCUT2D eigenvalue weighted by atomic mass is 35.5. The average Bonchev–Trinajstić information content (AvgIpc) is 3.16. The van der Waals surface area contributed by atoms with Crippen molar-refractivity contribution in [2.24, 2.45) is 10.7 Å². The summed E-state index contributed by atoms with van der Waals surface area (Å²) >= 11 is 6.17. The smallest absolute Gasteiger partial charge is 0.196 e. The quantitative estimate of drug-likeness (QED) is 0.913. The highest BCUT2D eigenvalue weighted by molar-refractivity contribution is 6.31. The maximum atomic E-state index is 6.21. The molecule has 0 bridgehead atoms. The molecule has 1 saturated heterocycles. The first kappa shape index (κ1) is 13.4. The number of hydrogen-bond donors (Lipinski definition) is 1. The van der Waals surface area contributed by atoms with Gasteiger partial charge in [0.1, 0.15) is 0 Å². The molecule has 21 heavy (non-hydrogen) atoms. The van der Waals surface area contributed by atoms with Gasteiger partial charge in [0.15, 0.2) is 5.96 Å². The molecule has 0 amide bonds. The van der Waals surface area contributed by atoms with Gasteiger partial charge in [-0.1, -0.05) is 17.7 Å². The van der Waals surface area contributed by atoms with Crippen LogP contribution in [0.5, 0.6) is 0 Å². The molecule has 3 aliphatic rings. The number of nitrogens with zero attached hydrogens (tertiary/aromatic N) is 3. The first-order valence-corrected chi connectivity index (χ1v) is 8.08. The molecule has 112 valence electrons. The predicted octanol–water partition coefficient (Wildman–Crippen LogP) is 2.47. The largest absolute Gasteiger partial charge is 0.369 e. The molecule has 2 N–H and O–H groups in total. The van der Waals surface area contributed by atoms with Gasteiger partial charge in [-0.3, -0.25) is 9.89 Å². The van der Waals surface area contributed by atoms with Crippen LogP contribution < -0.4 is 10.6 Å². The molecular formula is C16H21ClN4. The Morgan fingerprint density at radius 1 is 1.38 bits per heavy atom. The zero-order chi connectivity index (χ0) is 14.6. The lowest BCUT2D eigenvalue weighted by molar-refractivity contribution is 0.251. The standard InChI is InChI=1S/C16H21ClN4/c1-11-8-16(10-20(11)13-5-6-13)9-19-15(18)21(16)14-4-2-3-12(17)7-14/h2-4,7,11,13H,5-6,8-10H2,1H3,(H2,18,19). The lowest BCUT2D eigenvalue weighted by Crippen LogP contribution is -2.53. The van der Waals surface area contributed by atoms with Gasteiger partial charge in [0.2, 0.25) is 0 Å². The van der Waals surface area contributed by atoms with Crippen molar-refractivity contribution in [2.45, 2.75) is 43.8 Å². The summed E-state index contributed by atoms with van der Waals surface area (Å²) in [5.74, 6) is 0.627. The van der Waals surface area contributed by atoms with E-state index in [9.17, 15) is 0 Å². The van der Waals surface area contributed by atoms with Crippen LogP contribution in [0.3, 0.4) is 0 Å². The molecule has 5 heteroatoms. The molecule has 2 atom stereocenters. The Morgan fingerprint density at radius 2 is 2.19 bits per heavy atom. The minimum absolute atomic E-state index is 0.0107. The Hall–Kier alpha value is -1.26. The summed E-state index contributed by atoms with van der Waals surface area (Å²) in [5, 5.41) is 0.743. The van der Waals surface area contributed by atoms with Gasteiger partial charge < -0.3 is 10.6 Å². The fourth-order valence-electron chi connectivity index (χ4n) is 4.03. The second-order valence-corrected chi connectivity index (χ2v) is 7.11. The first-order valence-electron chi connectivity index (χ1n) is 7.71. The van der Waals surface area contributed by atoms with Crippen molar-refractivity contribution in [3.8, 4) is 0 Å². The van der Waals surface area contributed by atoms with Crippen molar-refractivity contribution in [1.29, 1.82) is 0 Å². The van der Waals surface area contributed by atoms with Crippen molar-refractivity contribution in [1.82, 2.24) is 4.90 Å². The Morgan fingerprint density at radius 3 is 2.90 bits per heavy atom. The first-order chi connectivity index (χ1) is 10.1. The average molecular weight is 305 g/mol. The van der Waals surface area contributed by atoms with E-state index in [0.717, 1.165) is 36.3 Å². The third kappa shape index (κ3) is 2.12. The third-order valence-corrected chi connectivity index (χ3v) is 5.27. The van der Waals surface area contributed by atoms with E-state index in [1.807, 2.05) is 18.2 Å². The molecule has 4 nitrogen and oxygen atoms in total. The van der Waals surface area contributed by atoms with Crippen LogP contribution in [0, 0.1) is 0 Å². The molecule has 1 spiro atoms. The Labute approximate surface area is 130 Å². The minimum Gasteiger partial charge on any atom is -0.369 e. The summed E-state index contributed by atoms with van der Waals surface area (Å²) in [5.41, 5.74) is 7.28. The summed E-state index contributed by atoms with van der Waals surface area (Å²) in [6, 6.07) is 9.32. The van der Waals surface area contributed by atoms with Gasteiger partial charge in [-0.05, 0) is 44.4 Å². The topological polar surface area (TPSA) is 44.9 Å². The zero-order valence-corrected chi connectivity index (χ0v) is 13.1. The summed E-state index contributed by atoms with van der Waals surface area (Å²) in [6.07, 6.45) is 3.79. The number of hydrogen-bond acceptors (Lipinski definition) is 4. The van der Waals surface area contributed by atoms with Crippen LogP contribution in [0.2, 0.25) is 5.02 Å². The van der Waals surface area contributed by atoms with Crippen LogP contribution in [-0.4, -0.2) is 41.6 Å². The van der Waals surface area contributed by atoms with Crippen LogP contribution in [-0.2, 0) is 0 Å². The molecule has 4 rings (SSSR count). The maximum absolute atomic E-state index is 6.21. The monoisotopic (exact) mass is 304 g/mol. The molecule has 1 saturated carbocycles. The van der Waals surface area contributed by atoms with Crippen molar-refractivity contribution in [2.75, 3.05) is 18.0 Å². The Kier molecular flexibility index (Phi) is 2.95. The van der Waals surface area contributed by atoms with Crippen LogP contribution in [0.1, 0.15) is 26.2 Å². The van der Waals surface area contributed by atoms with Crippen molar-refractivity contribution in [3.05, 3.63) is 29.3 Å². The Bertz CT molecular complexity index is 598. The van der Waals surface area contributed by atoms with Gasteiger partial charge in [0.25, 0.3) is 0 Å². The molecule has 1 aromatic rings. The van der Waals surface area contributed by atoms with E-state index in [1.165, 1.54) is 12.8 Å². The van der Waals surface area contributed by atoms with Crippen molar-refractivity contribution >= 4 is 23.2 Å². The van der Waals surface area contributed by atoms with Crippen molar-refractivity contribution < 1.29 is 0 Å². The van der Waals surface area contributed by atoms with Gasteiger partial charge in [-0.15, -0.1) is 0 Å². The fraction of sp³-hybridized carbons (Fsp3) is 0.562. The SMILES string of the molecule is CC1CC2(CN=C(N)N2c2cccc(Cl)c2)CN1C1CC1.